The lowest BCUT2D eigenvalue weighted by molar-refractivity contribution is -0.129. The number of guanidine groups is 1. The number of nitrogens with zero attached hydrogens (tertiary/aromatic N) is 2. The molecular weight excluding hydrogens is 308 g/mol. The number of ether oxygens (including phenoxy) is 2. The number of carbonyl (C=O) groups excluding carboxylic acids is 1. The van der Waals surface area contributed by atoms with Gasteiger partial charge in [-0.05, 0) is 25.7 Å². The second kappa shape index (κ2) is 13.0. The first-order valence-corrected chi connectivity index (χ1v) is 9.03. The Bertz CT molecular complexity index is 377. The molecule has 1 fully saturated rings. The third kappa shape index (κ3) is 7.97. The topological polar surface area (TPSA) is 75.2 Å². The quantitative estimate of drug-likeness (QED) is 0.314. The van der Waals surface area contributed by atoms with Gasteiger partial charge in [0.25, 0.3) is 0 Å². The van der Waals surface area contributed by atoms with Crippen molar-refractivity contribution in [2.75, 3.05) is 53.6 Å². The molecule has 7 nitrogen and oxygen atoms in total. The summed E-state index contributed by atoms with van der Waals surface area (Å²) in [5.74, 6) is 1.10. The van der Waals surface area contributed by atoms with Gasteiger partial charge in [0.2, 0.25) is 5.91 Å². The van der Waals surface area contributed by atoms with Crippen molar-refractivity contribution in [2.24, 2.45) is 4.99 Å². The highest BCUT2D eigenvalue weighted by atomic mass is 16.5. The Morgan fingerprint density at radius 2 is 2.08 bits per heavy atom. The van der Waals surface area contributed by atoms with E-state index in [0.717, 1.165) is 51.3 Å². The van der Waals surface area contributed by atoms with E-state index in [-0.39, 0.29) is 0 Å². The van der Waals surface area contributed by atoms with Gasteiger partial charge in [-0.3, -0.25) is 9.79 Å². The van der Waals surface area contributed by atoms with Crippen molar-refractivity contribution >= 4 is 11.9 Å². The van der Waals surface area contributed by atoms with E-state index in [0.29, 0.717) is 38.2 Å². The lowest BCUT2D eigenvalue weighted by Gasteiger charge is -2.27. The Hall–Kier alpha value is -1.34. The molecular formula is C17H34N4O3. The zero-order valence-electron chi connectivity index (χ0n) is 15.5. The van der Waals surface area contributed by atoms with Crippen LogP contribution >= 0.6 is 0 Å². The van der Waals surface area contributed by atoms with Crippen molar-refractivity contribution in [1.29, 1.82) is 0 Å². The number of rotatable bonds is 12. The van der Waals surface area contributed by atoms with Crippen LogP contribution in [0.5, 0.6) is 0 Å². The second-order valence-electron chi connectivity index (χ2n) is 5.93. The molecule has 1 atom stereocenters. The first kappa shape index (κ1) is 20.7. The minimum atomic E-state index is 0.304. The van der Waals surface area contributed by atoms with E-state index < -0.39 is 0 Å². The van der Waals surface area contributed by atoms with Gasteiger partial charge in [-0.2, -0.15) is 0 Å². The van der Waals surface area contributed by atoms with Crippen LogP contribution < -0.4 is 10.6 Å². The van der Waals surface area contributed by atoms with Crippen molar-refractivity contribution in [3.05, 3.63) is 0 Å². The van der Waals surface area contributed by atoms with Gasteiger partial charge in [-0.25, -0.2) is 0 Å². The fraction of sp³-hybridized carbons (Fsp3) is 0.882. The van der Waals surface area contributed by atoms with Crippen LogP contribution in [0, 0.1) is 0 Å². The van der Waals surface area contributed by atoms with Gasteiger partial charge in [-0.15, -0.1) is 0 Å². The van der Waals surface area contributed by atoms with Crippen LogP contribution in [-0.2, 0) is 14.3 Å². The van der Waals surface area contributed by atoms with Gasteiger partial charge in [0.1, 0.15) is 0 Å². The minimum Gasteiger partial charge on any atom is -0.382 e. The Balaban J connectivity index is 2.13. The maximum atomic E-state index is 11.8. The Morgan fingerprint density at radius 1 is 1.29 bits per heavy atom. The number of methoxy groups -OCH3 is 1. The van der Waals surface area contributed by atoms with Crippen LogP contribution in [0.25, 0.3) is 0 Å². The predicted molar refractivity (Wildman–Crippen MR) is 96.3 cm³/mol. The number of hydrogen-bond acceptors (Lipinski definition) is 4. The molecule has 1 heterocycles. The SMILES string of the molecule is CCC(CCNC(=NC)NCCCOCCOC)N1CCCC1=O. The van der Waals surface area contributed by atoms with E-state index in [2.05, 4.69) is 22.5 Å². The lowest BCUT2D eigenvalue weighted by Crippen LogP contribution is -2.42. The van der Waals surface area contributed by atoms with Crippen LogP contribution in [0.2, 0.25) is 0 Å². The van der Waals surface area contributed by atoms with Crippen LogP contribution in [0.15, 0.2) is 4.99 Å². The smallest absolute Gasteiger partial charge is 0.222 e. The largest absolute Gasteiger partial charge is 0.382 e. The zero-order valence-corrected chi connectivity index (χ0v) is 15.5. The molecule has 0 spiro atoms. The number of likely N-dealkylation sites (tertiary alicyclic amines) is 1. The van der Waals surface area contributed by atoms with E-state index in [1.54, 1.807) is 14.2 Å². The predicted octanol–water partition coefficient (Wildman–Crippen LogP) is 0.996. The van der Waals surface area contributed by atoms with Crippen LogP contribution in [0.1, 0.15) is 39.0 Å². The Kier molecular flexibility index (Phi) is 11.2. The fourth-order valence-corrected chi connectivity index (χ4v) is 2.84. The standard InChI is InChI=1S/C17H34N4O3/c1-4-15(21-11-5-7-16(21)22)8-10-20-17(18-2)19-9-6-12-24-14-13-23-3/h15H,4-14H2,1-3H3,(H2,18,19,20). The monoisotopic (exact) mass is 342 g/mol. The molecule has 1 rings (SSSR count). The molecule has 1 aliphatic rings. The summed E-state index contributed by atoms with van der Waals surface area (Å²) >= 11 is 0. The first-order chi connectivity index (χ1) is 11.7. The van der Waals surface area contributed by atoms with E-state index >= 15 is 0 Å². The molecule has 0 aromatic carbocycles. The fourth-order valence-electron chi connectivity index (χ4n) is 2.84. The van der Waals surface area contributed by atoms with E-state index in [1.807, 2.05) is 4.90 Å². The highest BCUT2D eigenvalue weighted by molar-refractivity contribution is 5.79. The number of amides is 1. The third-order valence-electron chi connectivity index (χ3n) is 4.21. The second-order valence-corrected chi connectivity index (χ2v) is 5.93. The van der Waals surface area contributed by atoms with Gasteiger partial charge in [-0.1, -0.05) is 6.92 Å². The summed E-state index contributed by atoms with van der Waals surface area (Å²) in [6, 6.07) is 0.333. The molecule has 1 aliphatic heterocycles. The van der Waals surface area contributed by atoms with Crippen molar-refractivity contribution in [3.8, 4) is 0 Å². The molecule has 0 aliphatic carbocycles. The molecule has 0 radical (unpaired) electrons. The molecule has 1 saturated heterocycles. The van der Waals surface area contributed by atoms with Gasteiger partial charge >= 0.3 is 0 Å². The molecule has 1 amide bonds. The summed E-state index contributed by atoms with van der Waals surface area (Å²) in [4.78, 5) is 18.1. The summed E-state index contributed by atoms with van der Waals surface area (Å²) in [5.41, 5.74) is 0. The third-order valence-corrected chi connectivity index (χ3v) is 4.21. The Morgan fingerprint density at radius 3 is 2.71 bits per heavy atom. The molecule has 7 heteroatoms. The lowest BCUT2D eigenvalue weighted by atomic mass is 10.1. The zero-order chi connectivity index (χ0) is 17.6. The maximum Gasteiger partial charge on any atom is 0.222 e. The van der Waals surface area contributed by atoms with E-state index in [9.17, 15) is 4.79 Å². The number of hydrogen-bond donors (Lipinski definition) is 2. The van der Waals surface area contributed by atoms with Gasteiger partial charge in [0, 0.05) is 52.9 Å². The molecule has 24 heavy (non-hydrogen) atoms. The molecule has 0 aromatic heterocycles. The number of aliphatic imine (C=N–C) groups is 1. The van der Waals surface area contributed by atoms with Crippen molar-refractivity contribution < 1.29 is 14.3 Å². The Labute approximate surface area is 146 Å². The molecule has 2 N–H and O–H groups in total. The highest BCUT2D eigenvalue weighted by Crippen LogP contribution is 2.17. The van der Waals surface area contributed by atoms with Crippen molar-refractivity contribution in [1.82, 2.24) is 15.5 Å². The molecule has 0 aromatic rings. The summed E-state index contributed by atoms with van der Waals surface area (Å²) in [6.45, 7) is 6.66. The van der Waals surface area contributed by atoms with Gasteiger partial charge in [0.05, 0.1) is 13.2 Å². The summed E-state index contributed by atoms with van der Waals surface area (Å²) in [5, 5.41) is 6.60. The number of nitrogens with one attached hydrogen (secondary N) is 2. The minimum absolute atomic E-state index is 0.304. The first-order valence-electron chi connectivity index (χ1n) is 9.03. The normalized spacial score (nSPS) is 16.5. The van der Waals surface area contributed by atoms with E-state index in [4.69, 9.17) is 9.47 Å². The number of carbonyl (C=O) groups is 1. The van der Waals surface area contributed by atoms with Gasteiger partial charge < -0.3 is 25.0 Å². The highest BCUT2D eigenvalue weighted by Gasteiger charge is 2.26. The average molecular weight is 342 g/mol. The maximum absolute atomic E-state index is 11.8. The van der Waals surface area contributed by atoms with Gasteiger partial charge in [0.15, 0.2) is 5.96 Å². The molecule has 0 saturated carbocycles. The molecule has 1 unspecified atom stereocenters. The summed E-state index contributed by atoms with van der Waals surface area (Å²) in [7, 11) is 3.44. The summed E-state index contributed by atoms with van der Waals surface area (Å²) < 4.78 is 10.3. The van der Waals surface area contributed by atoms with Crippen molar-refractivity contribution in [2.45, 2.75) is 45.1 Å². The van der Waals surface area contributed by atoms with Crippen LogP contribution in [-0.4, -0.2) is 76.4 Å². The van der Waals surface area contributed by atoms with Crippen LogP contribution in [0.3, 0.4) is 0 Å². The van der Waals surface area contributed by atoms with E-state index in [1.165, 1.54) is 0 Å². The summed E-state index contributed by atoms with van der Waals surface area (Å²) in [6.07, 6.45) is 4.57. The molecule has 140 valence electrons. The molecule has 0 bridgehead atoms. The van der Waals surface area contributed by atoms with Crippen molar-refractivity contribution in [3.63, 3.8) is 0 Å². The van der Waals surface area contributed by atoms with Crippen LogP contribution in [0.4, 0.5) is 0 Å². The average Bonchev–Trinajstić information content (AvgIpc) is 3.02.